The molecule has 0 radical (unpaired) electrons. The smallest absolute Gasteiger partial charge is 0.338 e. The summed E-state index contributed by atoms with van der Waals surface area (Å²) in [5, 5.41) is 0. The third-order valence-corrected chi connectivity index (χ3v) is 4.63. The zero-order chi connectivity index (χ0) is 20.2. The lowest BCUT2D eigenvalue weighted by atomic mass is 10.0. The van der Waals surface area contributed by atoms with Crippen LogP contribution in [-0.2, 0) is 9.47 Å². The number of esters is 2. The summed E-state index contributed by atoms with van der Waals surface area (Å²) in [6.07, 6.45) is 4.20. The third kappa shape index (κ3) is 6.84. The molecule has 0 heterocycles. The molecule has 0 fully saturated rings. The van der Waals surface area contributed by atoms with Crippen LogP contribution < -0.4 is 0 Å². The molecule has 4 nitrogen and oxygen atoms in total. The van der Waals surface area contributed by atoms with Crippen LogP contribution in [0.1, 0.15) is 73.1 Å². The predicted octanol–water partition coefficient (Wildman–Crippen LogP) is 5.82. The van der Waals surface area contributed by atoms with Crippen LogP contribution in [0.3, 0.4) is 0 Å². The first-order valence-corrected chi connectivity index (χ1v) is 10.2. The average molecular weight is 383 g/mol. The van der Waals surface area contributed by atoms with Crippen LogP contribution in [0.15, 0.2) is 60.7 Å². The second kappa shape index (κ2) is 12.0. The van der Waals surface area contributed by atoms with Gasteiger partial charge in [-0.1, -0.05) is 63.1 Å². The maximum absolute atomic E-state index is 12.6. The molecule has 0 bridgehead atoms. The van der Waals surface area contributed by atoms with Crippen LogP contribution >= 0.6 is 0 Å². The molecule has 0 amide bonds. The van der Waals surface area contributed by atoms with Gasteiger partial charge in [-0.3, -0.25) is 0 Å². The van der Waals surface area contributed by atoms with Gasteiger partial charge in [0.05, 0.1) is 11.1 Å². The topological polar surface area (TPSA) is 52.6 Å². The van der Waals surface area contributed by atoms with Gasteiger partial charge in [0.1, 0.15) is 12.2 Å². The van der Waals surface area contributed by atoms with E-state index < -0.39 is 12.2 Å². The Morgan fingerprint density at radius 2 is 1.04 bits per heavy atom. The molecule has 0 saturated heterocycles. The fourth-order valence-electron chi connectivity index (χ4n) is 3.01. The first-order valence-electron chi connectivity index (χ1n) is 10.2. The van der Waals surface area contributed by atoms with Crippen molar-refractivity contribution in [1.82, 2.24) is 0 Å². The van der Waals surface area contributed by atoms with Gasteiger partial charge < -0.3 is 9.47 Å². The lowest BCUT2D eigenvalue weighted by Gasteiger charge is -2.27. The van der Waals surface area contributed by atoms with Crippen molar-refractivity contribution in [2.75, 3.05) is 0 Å². The quantitative estimate of drug-likeness (QED) is 0.460. The summed E-state index contributed by atoms with van der Waals surface area (Å²) >= 11 is 0. The van der Waals surface area contributed by atoms with Crippen LogP contribution in [-0.4, -0.2) is 24.1 Å². The lowest BCUT2D eigenvalue weighted by Crippen LogP contribution is -2.35. The van der Waals surface area contributed by atoms with Crippen molar-refractivity contribution in [2.24, 2.45) is 0 Å². The number of hydrogen-bond acceptors (Lipinski definition) is 4. The summed E-state index contributed by atoms with van der Waals surface area (Å²) in [6, 6.07) is 17.9. The summed E-state index contributed by atoms with van der Waals surface area (Å²) in [5.74, 6) is -0.752. The van der Waals surface area contributed by atoms with E-state index in [1.54, 1.807) is 24.3 Å². The summed E-state index contributed by atoms with van der Waals surface area (Å²) in [7, 11) is 0. The van der Waals surface area contributed by atoms with E-state index in [1.165, 1.54) is 0 Å². The minimum atomic E-state index is -0.452. The SMILES string of the molecule is CCCC[C@H](OC(=O)c1ccccc1)[C@@H](CCCC)OC(=O)c1ccccc1. The number of carbonyl (C=O) groups is 2. The molecule has 2 atom stereocenters. The van der Waals surface area contributed by atoms with Crippen LogP contribution in [0.5, 0.6) is 0 Å². The summed E-state index contributed by atoms with van der Waals surface area (Å²) < 4.78 is 11.6. The fraction of sp³-hybridized carbons (Fsp3) is 0.417. The minimum Gasteiger partial charge on any atom is -0.455 e. The Bertz CT molecular complexity index is 648. The molecule has 0 unspecified atom stereocenters. The number of hydrogen-bond donors (Lipinski definition) is 0. The van der Waals surface area contributed by atoms with Crippen molar-refractivity contribution < 1.29 is 19.1 Å². The van der Waals surface area contributed by atoms with E-state index in [0.29, 0.717) is 24.0 Å². The maximum atomic E-state index is 12.6. The highest BCUT2D eigenvalue weighted by atomic mass is 16.6. The van der Waals surface area contributed by atoms with Crippen molar-refractivity contribution in [2.45, 2.75) is 64.6 Å². The molecule has 0 saturated carbocycles. The first-order chi connectivity index (χ1) is 13.7. The highest BCUT2D eigenvalue weighted by Crippen LogP contribution is 2.21. The monoisotopic (exact) mass is 382 g/mol. The number of ether oxygens (including phenoxy) is 2. The Morgan fingerprint density at radius 3 is 1.36 bits per heavy atom. The van der Waals surface area contributed by atoms with Gasteiger partial charge in [-0.25, -0.2) is 9.59 Å². The van der Waals surface area contributed by atoms with Crippen LogP contribution in [0, 0.1) is 0 Å². The molecule has 0 aliphatic carbocycles. The molecule has 0 spiro atoms. The summed E-state index contributed by atoms with van der Waals surface area (Å²) in [6.45, 7) is 4.18. The van der Waals surface area contributed by atoms with Gasteiger partial charge in [0.25, 0.3) is 0 Å². The predicted molar refractivity (Wildman–Crippen MR) is 110 cm³/mol. The van der Waals surface area contributed by atoms with E-state index in [2.05, 4.69) is 13.8 Å². The van der Waals surface area contributed by atoms with Crippen LogP contribution in [0.4, 0.5) is 0 Å². The average Bonchev–Trinajstić information content (AvgIpc) is 2.75. The van der Waals surface area contributed by atoms with Gasteiger partial charge in [-0.15, -0.1) is 0 Å². The standard InChI is InChI=1S/C24H30O4/c1-3-5-17-21(27-23(25)19-13-9-7-10-14-19)22(18-6-4-2)28-24(26)20-15-11-8-12-16-20/h7-16,21-22H,3-6,17-18H2,1-2H3/t21-,22+. The number of rotatable bonds is 11. The zero-order valence-electron chi connectivity index (χ0n) is 16.8. The van der Waals surface area contributed by atoms with E-state index in [1.807, 2.05) is 36.4 Å². The largest absolute Gasteiger partial charge is 0.455 e. The molecule has 28 heavy (non-hydrogen) atoms. The van der Waals surface area contributed by atoms with Gasteiger partial charge in [-0.2, -0.15) is 0 Å². The van der Waals surface area contributed by atoms with E-state index in [4.69, 9.17) is 9.47 Å². The van der Waals surface area contributed by atoms with Gasteiger partial charge >= 0.3 is 11.9 Å². The number of carbonyl (C=O) groups excluding carboxylic acids is 2. The highest BCUT2D eigenvalue weighted by molar-refractivity contribution is 5.90. The third-order valence-electron chi connectivity index (χ3n) is 4.63. The Balaban J connectivity index is 2.15. The van der Waals surface area contributed by atoms with Crippen LogP contribution in [0.25, 0.3) is 0 Å². The van der Waals surface area contributed by atoms with Crippen molar-refractivity contribution >= 4 is 11.9 Å². The van der Waals surface area contributed by atoms with Crippen molar-refractivity contribution in [1.29, 1.82) is 0 Å². The van der Waals surface area contributed by atoms with Gasteiger partial charge in [0.15, 0.2) is 0 Å². The molecule has 0 aliphatic rings. The Labute approximate surface area is 167 Å². The highest BCUT2D eigenvalue weighted by Gasteiger charge is 2.29. The van der Waals surface area contributed by atoms with Crippen molar-refractivity contribution in [3.8, 4) is 0 Å². The number of unbranched alkanes of at least 4 members (excludes halogenated alkanes) is 2. The van der Waals surface area contributed by atoms with E-state index in [-0.39, 0.29) is 11.9 Å². The fourth-order valence-corrected chi connectivity index (χ4v) is 3.01. The molecule has 150 valence electrons. The van der Waals surface area contributed by atoms with Crippen LogP contribution in [0.2, 0.25) is 0 Å². The summed E-state index contributed by atoms with van der Waals surface area (Å²) in [4.78, 5) is 25.2. The van der Waals surface area contributed by atoms with Gasteiger partial charge in [0, 0.05) is 0 Å². The molecule has 0 N–H and O–H groups in total. The van der Waals surface area contributed by atoms with Gasteiger partial charge in [0.2, 0.25) is 0 Å². The molecular weight excluding hydrogens is 352 g/mol. The van der Waals surface area contributed by atoms with E-state index >= 15 is 0 Å². The molecule has 0 aromatic heterocycles. The van der Waals surface area contributed by atoms with E-state index in [0.717, 1.165) is 25.7 Å². The number of benzene rings is 2. The maximum Gasteiger partial charge on any atom is 0.338 e. The minimum absolute atomic E-state index is 0.376. The molecule has 0 aliphatic heterocycles. The molecule has 2 aromatic carbocycles. The first kappa shape index (κ1) is 21.7. The molecule has 2 aromatic rings. The molecule has 4 heteroatoms. The zero-order valence-corrected chi connectivity index (χ0v) is 16.8. The Hall–Kier alpha value is -2.62. The second-order valence-electron chi connectivity index (χ2n) is 6.90. The van der Waals surface area contributed by atoms with Crippen molar-refractivity contribution in [3.05, 3.63) is 71.8 Å². The Morgan fingerprint density at radius 1 is 0.679 bits per heavy atom. The van der Waals surface area contributed by atoms with E-state index in [9.17, 15) is 9.59 Å². The van der Waals surface area contributed by atoms with Gasteiger partial charge in [-0.05, 0) is 49.9 Å². The van der Waals surface area contributed by atoms with Crippen molar-refractivity contribution in [3.63, 3.8) is 0 Å². The molecule has 2 rings (SSSR count). The Kier molecular flexibility index (Phi) is 9.26. The molecular formula is C24H30O4. The normalized spacial score (nSPS) is 12.8. The second-order valence-corrected chi connectivity index (χ2v) is 6.90. The summed E-state index contributed by atoms with van der Waals surface area (Å²) in [5.41, 5.74) is 1.01. The lowest BCUT2D eigenvalue weighted by molar-refractivity contribution is -0.0422.